The highest BCUT2D eigenvalue weighted by molar-refractivity contribution is 7.99. The van der Waals surface area contributed by atoms with Crippen molar-refractivity contribution in [2.45, 2.75) is 25.0 Å². The summed E-state index contributed by atoms with van der Waals surface area (Å²) >= 11 is 2.91. The van der Waals surface area contributed by atoms with Crippen LogP contribution in [-0.2, 0) is 16.6 Å². The summed E-state index contributed by atoms with van der Waals surface area (Å²) in [7, 11) is -3.19. The fraction of sp³-hybridized carbons (Fsp3) is 0.300. The second-order valence-corrected chi connectivity index (χ2v) is 10.4. The molecule has 0 aliphatic carbocycles. The zero-order chi connectivity index (χ0) is 21.0. The third-order valence-electron chi connectivity index (χ3n) is 4.25. The molecule has 0 radical (unpaired) electrons. The molecule has 0 bridgehead atoms. The van der Waals surface area contributed by atoms with E-state index in [4.69, 9.17) is 4.98 Å². The van der Waals surface area contributed by atoms with E-state index in [0.29, 0.717) is 40.6 Å². The molecular formula is C20H23N3O3S3. The Balaban J connectivity index is 1.91. The molecule has 0 fully saturated rings. The van der Waals surface area contributed by atoms with Crippen LogP contribution in [0.5, 0.6) is 0 Å². The first-order chi connectivity index (χ1) is 13.8. The average Bonchev–Trinajstić information content (AvgIpc) is 3.08. The molecule has 0 amide bonds. The quantitative estimate of drug-likeness (QED) is 0.233. The van der Waals surface area contributed by atoms with E-state index >= 15 is 0 Å². The molecule has 0 aliphatic rings. The van der Waals surface area contributed by atoms with Crippen molar-refractivity contribution in [1.29, 1.82) is 0 Å². The molecule has 1 N–H and O–H groups in total. The maximum Gasteiger partial charge on any atom is 0.263 e. The summed E-state index contributed by atoms with van der Waals surface area (Å²) in [5.41, 5.74) is 2.98. The minimum atomic E-state index is -3.19. The Hall–Kier alpha value is -1.94. The highest BCUT2D eigenvalue weighted by atomic mass is 32.2. The fourth-order valence-corrected chi connectivity index (χ4v) is 5.30. The van der Waals surface area contributed by atoms with Crippen molar-refractivity contribution < 1.29 is 8.42 Å². The molecule has 6 nitrogen and oxygen atoms in total. The van der Waals surface area contributed by atoms with E-state index in [1.54, 1.807) is 10.6 Å². The minimum Gasteiger partial charge on any atom is -0.283 e. The molecule has 0 spiro atoms. The van der Waals surface area contributed by atoms with Gasteiger partial charge in [0.1, 0.15) is 4.83 Å². The summed E-state index contributed by atoms with van der Waals surface area (Å²) in [6.45, 7) is 6.52. The Morgan fingerprint density at radius 2 is 2.03 bits per heavy atom. The van der Waals surface area contributed by atoms with Gasteiger partial charge in [-0.3, -0.25) is 9.36 Å². The molecule has 0 saturated heterocycles. The first-order valence-electron chi connectivity index (χ1n) is 9.07. The maximum atomic E-state index is 13.3. The number of thioether (sulfide) groups is 1. The lowest BCUT2D eigenvalue weighted by molar-refractivity contribution is 0.587. The van der Waals surface area contributed by atoms with Crippen LogP contribution >= 0.6 is 23.1 Å². The van der Waals surface area contributed by atoms with E-state index < -0.39 is 10.0 Å². The predicted molar refractivity (Wildman–Crippen MR) is 122 cm³/mol. The lowest BCUT2D eigenvalue weighted by Gasteiger charge is -2.11. The van der Waals surface area contributed by atoms with Gasteiger partial charge in [-0.05, 0) is 18.9 Å². The third kappa shape index (κ3) is 5.36. The summed E-state index contributed by atoms with van der Waals surface area (Å²) < 4.78 is 26.4. The van der Waals surface area contributed by atoms with E-state index in [1.165, 1.54) is 28.7 Å². The van der Waals surface area contributed by atoms with Crippen molar-refractivity contribution >= 4 is 43.3 Å². The van der Waals surface area contributed by atoms with Gasteiger partial charge in [0.15, 0.2) is 5.16 Å². The van der Waals surface area contributed by atoms with Gasteiger partial charge in [0.25, 0.3) is 5.56 Å². The van der Waals surface area contributed by atoms with Crippen LogP contribution in [0.3, 0.4) is 0 Å². The Morgan fingerprint density at radius 1 is 1.31 bits per heavy atom. The first kappa shape index (κ1) is 21.8. The molecule has 9 heteroatoms. The third-order valence-corrected chi connectivity index (χ3v) is 6.91. The number of nitrogens with zero attached hydrogens (tertiary/aromatic N) is 2. The molecule has 1 aromatic carbocycles. The molecule has 2 aromatic heterocycles. The van der Waals surface area contributed by atoms with Crippen LogP contribution in [-0.4, -0.2) is 36.5 Å². The van der Waals surface area contributed by atoms with Gasteiger partial charge in [-0.1, -0.05) is 47.7 Å². The zero-order valence-electron chi connectivity index (χ0n) is 16.3. The summed E-state index contributed by atoms with van der Waals surface area (Å²) in [6.07, 6.45) is 3.46. The molecule has 0 unspecified atom stereocenters. The number of sulfonamides is 1. The zero-order valence-corrected chi connectivity index (χ0v) is 18.8. The van der Waals surface area contributed by atoms with E-state index in [1.807, 2.05) is 36.6 Å². The van der Waals surface area contributed by atoms with Crippen LogP contribution in [0.2, 0.25) is 0 Å². The Labute approximate surface area is 178 Å². The standard InChI is InChI=1S/C20H23N3O3S3/c1-4-11-23-19(24)17-16(15-8-6-14(2)7-9-15)13-28-18(17)22-20(23)27-12-5-10-21-29(3,25)26/h4,6-9,13,21H,1,5,10-12H2,2-3H3. The highest BCUT2D eigenvalue weighted by Gasteiger charge is 2.17. The molecule has 0 atom stereocenters. The van der Waals surface area contributed by atoms with Crippen molar-refractivity contribution in [2.24, 2.45) is 0 Å². The van der Waals surface area contributed by atoms with Gasteiger partial charge in [0, 0.05) is 29.8 Å². The number of allylic oxidation sites excluding steroid dienone is 1. The van der Waals surface area contributed by atoms with Gasteiger partial charge < -0.3 is 0 Å². The summed E-state index contributed by atoms with van der Waals surface area (Å²) in [5, 5.41) is 3.23. The van der Waals surface area contributed by atoms with Crippen LogP contribution < -0.4 is 10.3 Å². The predicted octanol–water partition coefficient (Wildman–Crippen LogP) is 3.65. The fourth-order valence-electron chi connectivity index (χ4n) is 2.84. The maximum absolute atomic E-state index is 13.3. The van der Waals surface area contributed by atoms with Crippen molar-refractivity contribution in [1.82, 2.24) is 14.3 Å². The molecule has 2 heterocycles. The number of hydrogen-bond donors (Lipinski definition) is 1. The average molecular weight is 450 g/mol. The number of rotatable bonds is 9. The van der Waals surface area contributed by atoms with Crippen LogP contribution in [0.25, 0.3) is 21.3 Å². The number of benzene rings is 1. The van der Waals surface area contributed by atoms with Crippen molar-refractivity contribution in [2.75, 3.05) is 18.6 Å². The SMILES string of the molecule is C=CCn1c(SCCCNS(C)(=O)=O)nc2scc(-c3ccc(C)cc3)c2c1=O. The minimum absolute atomic E-state index is 0.0801. The molecule has 29 heavy (non-hydrogen) atoms. The molecular weight excluding hydrogens is 426 g/mol. The summed E-state index contributed by atoms with van der Waals surface area (Å²) in [5.74, 6) is 0.647. The van der Waals surface area contributed by atoms with E-state index in [9.17, 15) is 13.2 Å². The van der Waals surface area contributed by atoms with Gasteiger partial charge in [0.05, 0.1) is 11.6 Å². The molecule has 154 valence electrons. The number of fused-ring (bicyclic) bond motifs is 1. The normalized spacial score (nSPS) is 11.8. The van der Waals surface area contributed by atoms with Gasteiger partial charge in [0.2, 0.25) is 10.0 Å². The number of aryl methyl sites for hydroxylation is 1. The number of thiophene rings is 1. The Morgan fingerprint density at radius 3 is 2.69 bits per heavy atom. The Bertz CT molecular complexity index is 1180. The van der Waals surface area contributed by atoms with Gasteiger partial charge in [-0.25, -0.2) is 18.1 Å². The van der Waals surface area contributed by atoms with Gasteiger partial charge in [-0.2, -0.15) is 0 Å². The van der Waals surface area contributed by atoms with E-state index in [2.05, 4.69) is 11.3 Å². The molecule has 3 rings (SSSR count). The highest BCUT2D eigenvalue weighted by Crippen LogP contribution is 2.32. The topological polar surface area (TPSA) is 81.1 Å². The van der Waals surface area contributed by atoms with Crippen LogP contribution in [0.1, 0.15) is 12.0 Å². The second-order valence-electron chi connectivity index (χ2n) is 6.66. The smallest absolute Gasteiger partial charge is 0.263 e. The van der Waals surface area contributed by atoms with Crippen LogP contribution in [0, 0.1) is 6.92 Å². The largest absolute Gasteiger partial charge is 0.283 e. The van der Waals surface area contributed by atoms with Gasteiger partial charge >= 0.3 is 0 Å². The molecule has 0 aliphatic heterocycles. The molecule has 0 saturated carbocycles. The summed E-state index contributed by atoms with van der Waals surface area (Å²) in [6, 6.07) is 8.10. The Kier molecular flexibility index (Phi) is 6.94. The van der Waals surface area contributed by atoms with Crippen molar-refractivity contribution in [3.63, 3.8) is 0 Å². The van der Waals surface area contributed by atoms with Gasteiger partial charge in [-0.15, -0.1) is 17.9 Å². The lowest BCUT2D eigenvalue weighted by atomic mass is 10.1. The number of hydrogen-bond acceptors (Lipinski definition) is 6. The van der Waals surface area contributed by atoms with Crippen LogP contribution in [0.4, 0.5) is 0 Å². The van der Waals surface area contributed by atoms with Crippen LogP contribution in [0.15, 0.2) is 52.3 Å². The monoisotopic (exact) mass is 449 g/mol. The number of nitrogens with one attached hydrogen (secondary N) is 1. The van der Waals surface area contributed by atoms with E-state index in [0.717, 1.165) is 17.4 Å². The van der Waals surface area contributed by atoms with Crippen molar-refractivity contribution in [3.8, 4) is 11.1 Å². The van der Waals surface area contributed by atoms with E-state index in [-0.39, 0.29) is 5.56 Å². The second kappa shape index (κ2) is 9.25. The molecule has 3 aromatic rings. The first-order valence-corrected chi connectivity index (χ1v) is 12.8. The number of aromatic nitrogens is 2. The summed E-state index contributed by atoms with van der Waals surface area (Å²) in [4.78, 5) is 18.7. The lowest BCUT2D eigenvalue weighted by Crippen LogP contribution is -2.24. The van der Waals surface area contributed by atoms with Crippen molar-refractivity contribution in [3.05, 3.63) is 58.2 Å².